The van der Waals surface area contributed by atoms with Crippen LogP contribution in [0.4, 0.5) is 11.4 Å². The number of nitrogens with one attached hydrogen (secondary N) is 1. The van der Waals surface area contributed by atoms with Crippen molar-refractivity contribution in [3.05, 3.63) is 52.0 Å². The SMILES string of the molecule is COc1cc(Br)cc(C)c1NCc1ccccc1N. The minimum Gasteiger partial charge on any atom is -0.495 e. The van der Waals surface area contributed by atoms with Crippen LogP contribution in [0, 0.1) is 6.92 Å². The van der Waals surface area contributed by atoms with Gasteiger partial charge in [0.05, 0.1) is 12.8 Å². The largest absolute Gasteiger partial charge is 0.495 e. The molecule has 19 heavy (non-hydrogen) atoms. The first-order valence-electron chi connectivity index (χ1n) is 6.03. The van der Waals surface area contributed by atoms with Crippen LogP contribution in [0.2, 0.25) is 0 Å². The lowest BCUT2D eigenvalue weighted by atomic mass is 10.1. The molecule has 0 aromatic heterocycles. The van der Waals surface area contributed by atoms with Crippen molar-refractivity contribution in [2.24, 2.45) is 0 Å². The molecule has 0 fully saturated rings. The van der Waals surface area contributed by atoms with Crippen LogP contribution >= 0.6 is 15.9 Å². The molecule has 0 aliphatic carbocycles. The predicted octanol–water partition coefficient (Wildman–Crippen LogP) is 3.96. The Balaban J connectivity index is 2.22. The minimum atomic E-state index is 0.672. The van der Waals surface area contributed by atoms with Crippen molar-refractivity contribution in [1.29, 1.82) is 0 Å². The summed E-state index contributed by atoms with van der Waals surface area (Å²) in [6.45, 7) is 2.72. The predicted molar refractivity (Wildman–Crippen MR) is 83.6 cm³/mol. The van der Waals surface area contributed by atoms with Crippen LogP contribution in [0.3, 0.4) is 0 Å². The summed E-state index contributed by atoms with van der Waals surface area (Å²) in [6.07, 6.45) is 0. The molecule has 0 spiro atoms. The van der Waals surface area contributed by atoms with Crippen molar-refractivity contribution < 1.29 is 4.74 Å². The van der Waals surface area contributed by atoms with Gasteiger partial charge in [0.25, 0.3) is 0 Å². The van der Waals surface area contributed by atoms with E-state index in [1.807, 2.05) is 37.3 Å². The summed E-state index contributed by atoms with van der Waals surface area (Å²) in [5.41, 5.74) is 9.93. The number of aryl methyl sites for hydroxylation is 1. The quantitative estimate of drug-likeness (QED) is 0.838. The first-order chi connectivity index (χ1) is 9.11. The van der Waals surface area contributed by atoms with Crippen LogP contribution in [0.5, 0.6) is 5.75 Å². The van der Waals surface area contributed by atoms with Gasteiger partial charge in [-0.25, -0.2) is 0 Å². The summed E-state index contributed by atoms with van der Waals surface area (Å²) in [5, 5.41) is 3.39. The molecule has 0 heterocycles. The number of nitrogens with two attached hydrogens (primary N) is 1. The van der Waals surface area contributed by atoms with Crippen molar-refractivity contribution >= 4 is 27.3 Å². The lowest BCUT2D eigenvalue weighted by Gasteiger charge is -2.15. The van der Waals surface area contributed by atoms with Gasteiger partial charge in [-0.3, -0.25) is 0 Å². The summed E-state index contributed by atoms with van der Waals surface area (Å²) in [5.74, 6) is 0.821. The van der Waals surface area contributed by atoms with Gasteiger partial charge in [-0.1, -0.05) is 34.1 Å². The second-order valence-electron chi connectivity index (χ2n) is 4.35. The van der Waals surface area contributed by atoms with E-state index < -0.39 is 0 Å². The Morgan fingerprint density at radius 2 is 2.00 bits per heavy atom. The maximum absolute atomic E-state index is 5.94. The molecule has 0 bridgehead atoms. The van der Waals surface area contributed by atoms with Gasteiger partial charge in [0, 0.05) is 16.7 Å². The van der Waals surface area contributed by atoms with Gasteiger partial charge >= 0.3 is 0 Å². The monoisotopic (exact) mass is 320 g/mol. The first-order valence-corrected chi connectivity index (χ1v) is 6.82. The van der Waals surface area contributed by atoms with Crippen LogP contribution in [0.1, 0.15) is 11.1 Å². The number of hydrogen-bond acceptors (Lipinski definition) is 3. The zero-order chi connectivity index (χ0) is 13.8. The van der Waals surface area contributed by atoms with Crippen LogP contribution in [-0.4, -0.2) is 7.11 Å². The molecule has 0 saturated carbocycles. The molecule has 0 atom stereocenters. The summed E-state index contributed by atoms with van der Waals surface area (Å²) >= 11 is 3.47. The highest BCUT2D eigenvalue weighted by atomic mass is 79.9. The van der Waals surface area contributed by atoms with Crippen LogP contribution in [0.25, 0.3) is 0 Å². The van der Waals surface area contributed by atoms with E-state index in [1.165, 1.54) is 0 Å². The fourth-order valence-electron chi connectivity index (χ4n) is 1.98. The number of halogens is 1. The Bertz CT molecular complexity index is 584. The smallest absolute Gasteiger partial charge is 0.143 e. The molecule has 0 amide bonds. The number of ether oxygens (including phenoxy) is 1. The van der Waals surface area contributed by atoms with Crippen LogP contribution < -0.4 is 15.8 Å². The zero-order valence-electron chi connectivity index (χ0n) is 11.0. The van der Waals surface area contributed by atoms with Gasteiger partial charge in [0.2, 0.25) is 0 Å². The van der Waals surface area contributed by atoms with Crippen LogP contribution in [0.15, 0.2) is 40.9 Å². The number of rotatable bonds is 4. The van der Waals surface area contributed by atoms with E-state index in [9.17, 15) is 0 Å². The van der Waals surface area contributed by atoms with Crippen molar-refractivity contribution in [3.8, 4) is 5.75 Å². The molecule has 4 heteroatoms. The molecule has 2 aromatic rings. The molecule has 0 aliphatic rings. The highest BCUT2D eigenvalue weighted by Gasteiger charge is 2.08. The molecular weight excluding hydrogens is 304 g/mol. The van der Waals surface area contributed by atoms with Gasteiger partial charge < -0.3 is 15.8 Å². The molecule has 0 radical (unpaired) electrons. The zero-order valence-corrected chi connectivity index (χ0v) is 12.6. The van der Waals surface area contributed by atoms with E-state index >= 15 is 0 Å². The van der Waals surface area contributed by atoms with Gasteiger partial charge in [-0.05, 0) is 36.2 Å². The highest BCUT2D eigenvalue weighted by molar-refractivity contribution is 9.10. The molecule has 0 saturated heterocycles. The number of hydrogen-bond donors (Lipinski definition) is 2. The number of benzene rings is 2. The van der Waals surface area contributed by atoms with E-state index in [2.05, 4.69) is 27.3 Å². The molecule has 2 rings (SSSR count). The number of para-hydroxylation sites is 1. The maximum atomic E-state index is 5.94. The molecule has 3 nitrogen and oxygen atoms in total. The number of nitrogen functional groups attached to an aromatic ring is 1. The van der Waals surface area contributed by atoms with Crippen molar-refractivity contribution in [2.75, 3.05) is 18.2 Å². The Labute approximate surface area is 121 Å². The van der Waals surface area contributed by atoms with E-state index in [4.69, 9.17) is 10.5 Å². The number of methoxy groups -OCH3 is 1. The molecular formula is C15H17BrN2O. The van der Waals surface area contributed by atoms with E-state index in [0.717, 1.165) is 32.7 Å². The minimum absolute atomic E-state index is 0.672. The lowest BCUT2D eigenvalue weighted by Crippen LogP contribution is -2.05. The Kier molecular flexibility index (Phi) is 4.32. The fourth-order valence-corrected chi connectivity index (χ4v) is 2.53. The van der Waals surface area contributed by atoms with Gasteiger partial charge in [0.1, 0.15) is 5.75 Å². The highest BCUT2D eigenvalue weighted by Crippen LogP contribution is 2.32. The topological polar surface area (TPSA) is 47.3 Å². The average molecular weight is 321 g/mol. The second-order valence-corrected chi connectivity index (χ2v) is 5.27. The maximum Gasteiger partial charge on any atom is 0.143 e. The van der Waals surface area contributed by atoms with E-state index in [-0.39, 0.29) is 0 Å². The molecule has 0 aliphatic heterocycles. The van der Waals surface area contributed by atoms with Gasteiger partial charge in [-0.15, -0.1) is 0 Å². The van der Waals surface area contributed by atoms with E-state index in [0.29, 0.717) is 6.54 Å². The number of anilines is 2. The summed E-state index contributed by atoms with van der Waals surface area (Å²) in [7, 11) is 1.67. The standard InChI is InChI=1S/C15H17BrN2O/c1-10-7-12(16)8-14(19-2)15(10)18-9-11-5-3-4-6-13(11)17/h3-8,18H,9,17H2,1-2H3. The normalized spacial score (nSPS) is 10.3. The van der Waals surface area contributed by atoms with Gasteiger partial charge in [0.15, 0.2) is 0 Å². The molecule has 2 aromatic carbocycles. The summed E-state index contributed by atoms with van der Waals surface area (Å²) < 4.78 is 6.41. The van der Waals surface area contributed by atoms with Gasteiger partial charge in [-0.2, -0.15) is 0 Å². The first kappa shape index (κ1) is 13.7. The third-order valence-corrected chi connectivity index (χ3v) is 3.45. The molecule has 100 valence electrons. The lowest BCUT2D eigenvalue weighted by molar-refractivity contribution is 0.416. The molecule has 3 N–H and O–H groups in total. The van der Waals surface area contributed by atoms with E-state index in [1.54, 1.807) is 7.11 Å². The summed E-state index contributed by atoms with van der Waals surface area (Å²) in [4.78, 5) is 0. The third-order valence-electron chi connectivity index (χ3n) is 2.99. The van der Waals surface area contributed by atoms with Crippen molar-refractivity contribution in [1.82, 2.24) is 0 Å². The Hall–Kier alpha value is -1.68. The van der Waals surface area contributed by atoms with Crippen molar-refractivity contribution in [3.63, 3.8) is 0 Å². The van der Waals surface area contributed by atoms with Crippen LogP contribution in [-0.2, 0) is 6.54 Å². The fraction of sp³-hybridized carbons (Fsp3) is 0.200. The molecule has 0 unspecified atom stereocenters. The third kappa shape index (κ3) is 3.20. The summed E-state index contributed by atoms with van der Waals surface area (Å²) in [6, 6.07) is 11.8. The second kappa shape index (κ2) is 5.97. The average Bonchev–Trinajstić information content (AvgIpc) is 2.38. The Morgan fingerprint density at radius 1 is 1.26 bits per heavy atom. The van der Waals surface area contributed by atoms with Crippen molar-refractivity contribution in [2.45, 2.75) is 13.5 Å². The Morgan fingerprint density at radius 3 is 2.68 bits per heavy atom.